The number of hydrogen-bond acceptors (Lipinski definition) is 4. The van der Waals surface area contributed by atoms with E-state index in [2.05, 4.69) is 16.5 Å². The largest absolute Gasteiger partial charge is 0.348 e. The molecule has 2 saturated heterocycles. The molecular formula is C25H34FN5O2. The van der Waals surface area contributed by atoms with Crippen LogP contribution in [0.25, 0.3) is 10.9 Å². The summed E-state index contributed by atoms with van der Waals surface area (Å²) in [5.41, 5.74) is 5.16. The van der Waals surface area contributed by atoms with Crippen LogP contribution in [0.15, 0.2) is 30.5 Å². The fraction of sp³-hybridized carbons (Fsp3) is 0.520. The molecule has 0 radical (unpaired) electrons. The molecule has 0 unspecified atom stereocenters. The lowest BCUT2D eigenvalue weighted by molar-refractivity contribution is -0.132. The number of benzene rings is 1. The van der Waals surface area contributed by atoms with Gasteiger partial charge in [0, 0.05) is 57.3 Å². The summed E-state index contributed by atoms with van der Waals surface area (Å²) in [4.78, 5) is 30.6. The number of amides is 2. The normalized spacial score (nSPS) is 17.7. The second-order valence-corrected chi connectivity index (χ2v) is 8.81. The van der Waals surface area contributed by atoms with Gasteiger partial charge in [0.15, 0.2) is 0 Å². The van der Waals surface area contributed by atoms with Crippen molar-refractivity contribution in [3.05, 3.63) is 47.5 Å². The second-order valence-electron chi connectivity index (χ2n) is 8.81. The number of likely N-dealkylation sites (tertiary alicyclic amines) is 2. The molecular weight excluding hydrogens is 421 g/mol. The smallest absolute Gasteiger partial charge is 0.270 e. The Morgan fingerprint density at radius 3 is 2.42 bits per heavy atom. The minimum Gasteiger partial charge on any atom is -0.348 e. The van der Waals surface area contributed by atoms with E-state index < -0.39 is 0 Å². The monoisotopic (exact) mass is 455 g/mol. The number of hydrogen-bond donors (Lipinski definition) is 2. The predicted molar refractivity (Wildman–Crippen MR) is 127 cm³/mol. The number of aryl methyl sites for hydroxylation is 1. The van der Waals surface area contributed by atoms with Crippen LogP contribution in [0, 0.1) is 5.82 Å². The van der Waals surface area contributed by atoms with E-state index in [9.17, 15) is 14.0 Å². The first kappa shape index (κ1) is 23.3. The van der Waals surface area contributed by atoms with Gasteiger partial charge in [-0.3, -0.25) is 9.59 Å². The fourth-order valence-corrected chi connectivity index (χ4v) is 4.43. The first-order valence-electron chi connectivity index (χ1n) is 12.1. The third-order valence-corrected chi connectivity index (χ3v) is 6.56. The van der Waals surface area contributed by atoms with Crippen LogP contribution >= 0.6 is 0 Å². The van der Waals surface area contributed by atoms with Gasteiger partial charge in [-0.2, -0.15) is 0 Å². The van der Waals surface area contributed by atoms with Gasteiger partial charge in [0.05, 0.1) is 5.52 Å². The Labute approximate surface area is 194 Å². The molecule has 2 amide bonds. The maximum Gasteiger partial charge on any atom is 0.270 e. The topological polar surface area (TPSA) is 71.7 Å². The summed E-state index contributed by atoms with van der Waals surface area (Å²) in [6, 6.07) is 5.01. The van der Waals surface area contributed by atoms with E-state index in [1.807, 2.05) is 23.0 Å². The van der Waals surface area contributed by atoms with E-state index in [0.29, 0.717) is 23.5 Å². The molecule has 33 heavy (non-hydrogen) atoms. The van der Waals surface area contributed by atoms with Gasteiger partial charge in [-0.25, -0.2) is 9.82 Å². The quantitative estimate of drug-likeness (QED) is 0.725. The van der Waals surface area contributed by atoms with Crippen LogP contribution in [-0.2, 0) is 11.2 Å². The molecule has 0 bridgehead atoms. The van der Waals surface area contributed by atoms with Crippen LogP contribution in [0.2, 0.25) is 0 Å². The number of nitrogens with zero attached hydrogens (tertiary/aromatic N) is 3. The van der Waals surface area contributed by atoms with Crippen molar-refractivity contribution >= 4 is 22.7 Å². The number of H-pyrrole nitrogens is 1. The van der Waals surface area contributed by atoms with Crippen molar-refractivity contribution < 1.29 is 14.0 Å². The summed E-state index contributed by atoms with van der Waals surface area (Å²) in [7, 11) is 0. The second kappa shape index (κ2) is 10.8. The van der Waals surface area contributed by atoms with Gasteiger partial charge in [-0.05, 0) is 49.8 Å². The number of carbonyl (C=O) groups excluding carboxylic acids is 2. The molecule has 3 aliphatic heterocycles. The highest BCUT2D eigenvalue weighted by atomic mass is 19.1. The summed E-state index contributed by atoms with van der Waals surface area (Å²) in [5.74, 6) is -0.0273. The minimum absolute atomic E-state index is 0.0288. The standard InChI is InChI=1S/C14H15FN2O.C11H19N3O/c1-2-9-4-5-11(15)13-10(9)8-12(16-13)14(18)17-6-3-7-17;15-11(13-7-2-1-3-8-13)5-10-14-9-4-6-12-14/h4-5,8,16H,2-3,6-7H2,1H3;4,9,12H,1-3,5-8,10H2. The van der Waals surface area contributed by atoms with Crippen molar-refractivity contribution in [1.29, 1.82) is 0 Å². The van der Waals surface area contributed by atoms with Crippen molar-refractivity contribution in [2.24, 2.45) is 0 Å². The average molecular weight is 456 g/mol. The molecule has 7 nitrogen and oxygen atoms in total. The van der Waals surface area contributed by atoms with Gasteiger partial charge in [0.2, 0.25) is 5.91 Å². The molecule has 2 fully saturated rings. The maximum absolute atomic E-state index is 13.7. The molecule has 178 valence electrons. The number of fused-ring (bicyclic) bond motifs is 1. The number of carbonyl (C=O) groups is 2. The third kappa shape index (κ3) is 5.55. The van der Waals surface area contributed by atoms with E-state index in [4.69, 9.17) is 0 Å². The van der Waals surface area contributed by atoms with Gasteiger partial charge in [0.25, 0.3) is 5.91 Å². The molecule has 5 rings (SSSR count). The molecule has 0 atom stereocenters. The van der Waals surface area contributed by atoms with Gasteiger partial charge < -0.3 is 19.8 Å². The van der Waals surface area contributed by atoms with E-state index in [-0.39, 0.29) is 11.7 Å². The maximum atomic E-state index is 13.7. The van der Waals surface area contributed by atoms with Gasteiger partial charge in [0.1, 0.15) is 11.5 Å². The van der Waals surface area contributed by atoms with Crippen LogP contribution < -0.4 is 5.43 Å². The SMILES string of the molecule is CCc1ccc(F)c2[nH]c(C(=O)N3CCC3)cc12.O=C(CCN1C=CCN1)N1CCCCC1. The molecule has 2 aromatic rings. The summed E-state index contributed by atoms with van der Waals surface area (Å²) in [6.07, 6.45) is 10.2. The lowest BCUT2D eigenvalue weighted by atomic mass is 10.1. The van der Waals surface area contributed by atoms with Crippen LogP contribution in [0.5, 0.6) is 0 Å². The fourth-order valence-electron chi connectivity index (χ4n) is 4.43. The van der Waals surface area contributed by atoms with Crippen molar-refractivity contribution in [3.63, 3.8) is 0 Å². The summed E-state index contributed by atoms with van der Waals surface area (Å²) in [6.45, 7) is 7.22. The third-order valence-electron chi connectivity index (χ3n) is 6.56. The summed E-state index contributed by atoms with van der Waals surface area (Å²) >= 11 is 0. The zero-order chi connectivity index (χ0) is 23.2. The van der Waals surface area contributed by atoms with E-state index in [1.54, 1.807) is 17.0 Å². The summed E-state index contributed by atoms with van der Waals surface area (Å²) in [5, 5.41) is 2.81. The van der Waals surface area contributed by atoms with Gasteiger partial charge in [-0.1, -0.05) is 19.1 Å². The Bertz CT molecular complexity index is 1010. The Morgan fingerprint density at radius 1 is 1.03 bits per heavy atom. The predicted octanol–water partition coefficient (Wildman–Crippen LogP) is 3.44. The van der Waals surface area contributed by atoms with Crippen LogP contribution in [-0.4, -0.2) is 70.9 Å². The van der Waals surface area contributed by atoms with Crippen molar-refractivity contribution in [2.75, 3.05) is 39.3 Å². The molecule has 1 aromatic carbocycles. The number of rotatable bonds is 5. The highest BCUT2D eigenvalue weighted by Gasteiger charge is 2.24. The van der Waals surface area contributed by atoms with Crippen LogP contribution in [0.4, 0.5) is 4.39 Å². The highest BCUT2D eigenvalue weighted by Crippen LogP contribution is 2.24. The Hall–Kier alpha value is -2.87. The first-order valence-corrected chi connectivity index (χ1v) is 12.1. The molecule has 1 aromatic heterocycles. The lowest BCUT2D eigenvalue weighted by Gasteiger charge is -2.30. The number of aromatic amines is 1. The van der Waals surface area contributed by atoms with Crippen molar-refractivity contribution in [2.45, 2.75) is 45.4 Å². The number of aromatic nitrogens is 1. The number of nitrogens with one attached hydrogen (secondary N) is 2. The molecule has 2 N–H and O–H groups in total. The average Bonchev–Trinajstić information content (AvgIpc) is 3.48. The molecule has 0 spiro atoms. The number of piperidine rings is 1. The molecule has 4 heterocycles. The van der Waals surface area contributed by atoms with E-state index in [1.165, 1.54) is 25.3 Å². The molecule has 0 saturated carbocycles. The number of hydrazine groups is 1. The van der Waals surface area contributed by atoms with E-state index in [0.717, 1.165) is 63.1 Å². The zero-order valence-electron chi connectivity index (χ0n) is 19.4. The highest BCUT2D eigenvalue weighted by molar-refractivity contribution is 5.99. The van der Waals surface area contributed by atoms with Crippen LogP contribution in [0.1, 0.15) is 55.1 Å². The Balaban J connectivity index is 0.000000160. The first-order chi connectivity index (χ1) is 16.1. The van der Waals surface area contributed by atoms with E-state index >= 15 is 0 Å². The Kier molecular flexibility index (Phi) is 7.65. The number of halogens is 1. The zero-order valence-corrected chi connectivity index (χ0v) is 19.4. The minimum atomic E-state index is -0.301. The van der Waals surface area contributed by atoms with Crippen LogP contribution in [0.3, 0.4) is 0 Å². The lowest BCUT2D eigenvalue weighted by Crippen LogP contribution is -2.42. The summed E-state index contributed by atoms with van der Waals surface area (Å²) < 4.78 is 13.7. The van der Waals surface area contributed by atoms with Crippen molar-refractivity contribution in [1.82, 2.24) is 25.2 Å². The van der Waals surface area contributed by atoms with Crippen molar-refractivity contribution in [3.8, 4) is 0 Å². The van der Waals surface area contributed by atoms with Gasteiger partial charge >= 0.3 is 0 Å². The Morgan fingerprint density at radius 2 is 1.79 bits per heavy atom. The van der Waals surface area contributed by atoms with Gasteiger partial charge in [-0.15, -0.1) is 0 Å². The molecule has 0 aliphatic carbocycles. The molecule has 8 heteroatoms. The molecule has 3 aliphatic rings.